The number of hydrogen-bond acceptors (Lipinski definition) is 3. The lowest BCUT2D eigenvalue weighted by Crippen LogP contribution is -2.46. The number of rotatable bonds is 3. The van der Waals surface area contributed by atoms with E-state index in [0.717, 1.165) is 45.1 Å². The Morgan fingerprint density at radius 1 is 1.21 bits per heavy atom. The summed E-state index contributed by atoms with van der Waals surface area (Å²) in [5, 5.41) is 12.8. The molecule has 1 aliphatic heterocycles. The fourth-order valence-corrected chi connectivity index (χ4v) is 3.84. The van der Waals surface area contributed by atoms with Gasteiger partial charge in [-0.25, -0.2) is 4.79 Å². The number of hydrogen-bond donors (Lipinski definition) is 2. The van der Waals surface area contributed by atoms with Crippen LogP contribution in [0.25, 0.3) is 0 Å². The number of nitrogens with zero attached hydrogens (tertiary/aromatic N) is 2. The van der Waals surface area contributed by atoms with E-state index in [-0.39, 0.29) is 24.2 Å². The van der Waals surface area contributed by atoms with Crippen LogP contribution in [0.15, 0.2) is 24.3 Å². The van der Waals surface area contributed by atoms with Gasteiger partial charge in [-0.15, -0.1) is 0 Å². The number of likely N-dealkylation sites (tertiary alicyclic amines) is 1. The number of urea groups is 1. The summed E-state index contributed by atoms with van der Waals surface area (Å²) in [5.41, 5.74) is 2.38. The minimum atomic E-state index is -0.188. The molecule has 3 rings (SSSR count). The quantitative estimate of drug-likeness (QED) is 0.895. The van der Waals surface area contributed by atoms with Gasteiger partial charge in [-0.3, -0.25) is 0 Å². The summed E-state index contributed by atoms with van der Waals surface area (Å²) in [6.45, 7) is 0.817. The van der Waals surface area contributed by atoms with Gasteiger partial charge in [0.1, 0.15) is 0 Å². The highest BCUT2D eigenvalue weighted by Gasteiger charge is 2.31. The predicted octanol–water partition coefficient (Wildman–Crippen LogP) is 2.90. The van der Waals surface area contributed by atoms with E-state index in [1.807, 2.05) is 19.0 Å². The Labute approximate surface area is 144 Å². The molecule has 2 aliphatic rings. The Morgan fingerprint density at radius 2 is 1.96 bits per heavy atom. The van der Waals surface area contributed by atoms with Crippen LogP contribution in [0.5, 0.6) is 0 Å². The van der Waals surface area contributed by atoms with Crippen molar-refractivity contribution in [3.63, 3.8) is 0 Å². The number of aliphatic hydroxyl groups is 1. The first-order chi connectivity index (χ1) is 11.5. The van der Waals surface area contributed by atoms with Crippen molar-refractivity contribution in [3.8, 4) is 0 Å². The van der Waals surface area contributed by atoms with Crippen LogP contribution < -0.4 is 10.2 Å². The van der Waals surface area contributed by atoms with Gasteiger partial charge < -0.3 is 20.2 Å². The third-order valence-corrected chi connectivity index (χ3v) is 5.31. The molecule has 1 aliphatic carbocycles. The van der Waals surface area contributed by atoms with Crippen LogP contribution in [0, 0.1) is 0 Å². The first-order valence-electron chi connectivity index (χ1n) is 9.07. The van der Waals surface area contributed by atoms with Gasteiger partial charge in [0.05, 0.1) is 12.1 Å². The van der Waals surface area contributed by atoms with Crippen LogP contribution in [0.3, 0.4) is 0 Å². The fourth-order valence-electron chi connectivity index (χ4n) is 3.84. The van der Waals surface area contributed by atoms with Gasteiger partial charge in [0.15, 0.2) is 0 Å². The zero-order chi connectivity index (χ0) is 17.1. The average Bonchev–Trinajstić information content (AvgIpc) is 3.07. The smallest absolute Gasteiger partial charge is 0.318 e. The van der Waals surface area contributed by atoms with Crippen molar-refractivity contribution >= 4 is 11.7 Å². The maximum absolute atomic E-state index is 12.7. The van der Waals surface area contributed by atoms with Crippen LogP contribution in [-0.2, 0) is 0 Å². The predicted molar refractivity (Wildman–Crippen MR) is 96.2 cm³/mol. The van der Waals surface area contributed by atoms with Crippen molar-refractivity contribution in [1.29, 1.82) is 0 Å². The van der Waals surface area contributed by atoms with E-state index in [1.165, 1.54) is 11.3 Å². The minimum absolute atomic E-state index is 0.0501. The van der Waals surface area contributed by atoms with Crippen LogP contribution in [0.1, 0.15) is 50.1 Å². The lowest BCUT2D eigenvalue weighted by Gasteiger charge is -2.31. The molecule has 1 aromatic rings. The highest BCUT2D eigenvalue weighted by molar-refractivity contribution is 5.75. The summed E-state index contributed by atoms with van der Waals surface area (Å²) < 4.78 is 0. The van der Waals surface area contributed by atoms with Gasteiger partial charge in [0.2, 0.25) is 0 Å². The number of carbonyl (C=O) groups excluding carboxylic acids is 1. The lowest BCUT2D eigenvalue weighted by atomic mass is 9.93. The second-order valence-electron chi connectivity index (χ2n) is 7.30. The molecule has 0 aromatic heterocycles. The van der Waals surface area contributed by atoms with E-state index in [0.29, 0.717) is 0 Å². The highest BCUT2D eigenvalue weighted by Crippen LogP contribution is 2.33. The van der Waals surface area contributed by atoms with E-state index in [9.17, 15) is 9.90 Å². The molecule has 132 valence electrons. The van der Waals surface area contributed by atoms with Crippen LogP contribution in [-0.4, -0.2) is 48.8 Å². The van der Waals surface area contributed by atoms with E-state index < -0.39 is 0 Å². The number of aliphatic hydroxyl groups excluding tert-OH is 1. The molecule has 1 heterocycles. The fraction of sp³-hybridized carbons (Fsp3) is 0.632. The number of amides is 2. The van der Waals surface area contributed by atoms with Gasteiger partial charge in [-0.2, -0.15) is 0 Å². The standard InChI is InChI=1S/C19H29N3O2/c1-21(2)16-6-3-5-14(13-16)18-7-4-12-22(18)19(24)20-15-8-10-17(23)11-9-15/h3,5-6,13,15,17-18,23H,4,7-12H2,1-2H3,(H,20,24). The number of carbonyl (C=O) groups is 1. The third-order valence-electron chi connectivity index (χ3n) is 5.31. The first-order valence-corrected chi connectivity index (χ1v) is 9.07. The molecule has 0 radical (unpaired) electrons. The Balaban J connectivity index is 1.66. The third kappa shape index (κ3) is 3.83. The van der Waals surface area contributed by atoms with Crippen molar-refractivity contribution in [1.82, 2.24) is 10.2 Å². The Bertz CT molecular complexity index is 567. The first kappa shape index (κ1) is 17.1. The number of benzene rings is 1. The molecule has 1 atom stereocenters. The maximum Gasteiger partial charge on any atom is 0.318 e. The summed E-state index contributed by atoms with van der Waals surface area (Å²) in [6.07, 6.45) is 5.22. The molecule has 0 bridgehead atoms. The van der Waals surface area contributed by atoms with Crippen molar-refractivity contribution in [3.05, 3.63) is 29.8 Å². The van der Waals surface area contributed by atoms with Crippen molar-refractivity contribution in [2.24, 2.45) is 0 Å². The minimum Gasteiger partial charge on any atom is -0.393 e. The van der Waals surface area contributed by atoms with E-state index >= 15 is 0 Å². The molecule has 2 amide bonds. The van der Waals surface area contributed by atoms with Crippen LogP contribution in [0.2, 0.25) is 0 Å². The zero-order valence-electron chi connectivity index (χ0n) is 14.7. The van der Waals surface area contributed by atoms with Gasteiger partial charge in [-0.1, -0.05) is 12.1 Å². The van der Waals surface area contributed by atoms with Crippen molar-refractivity contribution in [2.75, 3.05) is 25.5 Å². The Morgan fingerprint density at radius 3 is 2.67 bits per heavy atom. The number of anilines is 1. The summed E-state index contributed by atoms with van der Waals surface area (Å²) in [5.74, 6) is 0. The molecular weight excluding hydrogens is 302 g/mol. The molecular formula is C19H29N3O2. The number of nitrogens with one attached hydrogen (secondary N) is 1. The second kappa shape index (κ2) is 7.43. The van der Waals surface area contributed by atoms with Crippen LogP contribution >= 0.6 is 0 Å². The topological polar surface area (TPSA) is 55.8 Å². The molecule has 24 heavy (non-hydrogen) atoms. The summed E-state index contributed by atoms with van der Waals surface area (Å²) >= 11 is 0. The normalized spacial score (nSPS) is 27.1. The zero-order valence-corrected chi connectivity index (χ0v) is 14.7. The molecule has 0 spiro atoms. The molecule has 2 fully saturated rings. The van der Waals surface area contributed by atoms with Gasteiger partial charge in [-0.05, 0) is 56.2 Å². The maximum atomic E-state index is 12.7. The Kier molecular flexibility index (Phi) is 5.29. The summed E-state index contributed by atoms with van der Waals surface area (Å²) in [7, 11) is 4.07. The van der Waals surface area contributed by atoms with Crippen LogP contribution in [0.4, 0.5) is 10.5 Å². The molecule has 2 N–H and O–H groups in total. The van der Waals surface area contributed by atoms with Gasteiger partial charge in [0.25, 0.3) is 0 Å². The van der Waals surface area contributed by atoms with E-state index in [1.54, 1.807) is 0 Å². The summed E-state index contributed by atoms with van der Waals surface area (Å²) in [6, 6.07) is 8.90. The monoisotopic (exact) mass is 331 g/mol. The van der Waals surface area contributed by atoms with Gasteiger partial charge in [0, 0.05) is 32.4 Å². The largest absolute Gasteiger partial charge is 0.393 e. The molecule has 1 unspecified atom stereocenters. The Hall–Kier alpha value is -1.75. The lowest BCUT2D eigenvalue weighted by molar-refractivity contribution is 0.114. The van der Waals surface area contributed by atoms with E-state index in [2.05, 4.69) is 34.5 Å². The van der Waals surface area contributed by atoms with Gasteiger partial charge >= 0.3 is 6.03 Å². The van der Waals surface area contributed by atoms with Crippen molar-refractivity contribution < 1.29 is 9.90 Å². The van der Waals surface area contributed by atoms with E-state index in [4.69, 9.17) is 0 Å². The second-order valence-corrected chi connectivity index (χ2v) is 7.30. The highest BCUT2D eigenvalue weighted by atomic mass is 16.3. The molecule has 1 saturated carbocycles. The van der Waals surface area contributed by atoms with Crippen molar-refractivity contribution in [2.45, 2.75) is 56.7 Å². The molecule has 1 saturated heterocycles. The molecule has 5 heteroatoms. The molecule has 5 nitrogen and oxygen atoms in total. The average molecular weight is 331 g/mol. The SMILES string of the molecule is CN(C)c1cccc(C2CCCN2C(=O)NC2CCC(O)CC2)c1. The molecule has 1 aromatic carbocycles. The summed E-state index contributed by atoms with van der Waals surface area (Å²) in [4.78, 5) is 16.8.